The second-order valence-electron chi connectivity index (χ2n) is 16.1. The fraction of sp³-hybridized carbons (Fsp3) is 0.0175. The van der Waals surface area contributed by atoms with E-state index in [0.717, 1.165) is 89.4 Å². The lowest BCUT2D eigenvalue weighted by molar-refractivity contribution is 0.436. The Labute approximate surface area is 352 Å². The fourth-order valence-electron chi connectivity index (χ4n) is 10.2. The van der Waals surface area contributed by atoms with Crippen molar-refractivity contribution in [1.82, 2.24) is 14.5 Å². The summed E-state index contributed by atoms with van der Waals surface area (Å²) in [5.74, 6) is 2.71. The third kappa shape index (κ3) is 4.87. The molecule has 1 aliphatic heterocycles. The molecule has 284 valence electrons. The SMILES string of the molecule is c1ccc(-n2c(-c3ccc(-c4ccc(-c5nc6ccccc6c6cc7c(cc56)-c5ccccc5C75c6ccccc6Oc6ccccc65)cc4)cc3)nc3ccccc32)cc1. The smallest absolute Gasteiger partial charge is 0.145 e. The standard InChI is InChI=1S/C57H35N3O/c1-2-14-40(15-3-1)60-52-23-11-10-22-51(52)59-56(60)39-32-28-37(29-33-39)36-26-30-38(31-27-36)55-45-34-44-41-16-4-6-18-46(41)57(49(44)35-43(45)42-17-5-9-21-50(42)58-55)47-19-7-12-24-53(47)61-54-25-13-8-20-48(54)57/h1-35H. The minimum atomic E-state index is -0.540. The summed E-state index contributed by atoms with van der Waals surface area (Å²) in [7, 11) is 0. The van der Waals surface area contributed by atoms with Gasteiger partial charge < -0.3 is 4.74 Å². The Kier molecular flexibility index (Phi) is 7.19. The van der Waals surface area contributed by atoms with Crippen LogP contribution in [0.15, 0.2) is 212 Å². The van der Waals surface area contributed by atoms with Gasteiger partial charge in [0, 0.05) is 38.7 Å². The van der Waals surface area contributed by atoms with Gasteiger partial charge in [0.15, 0.2) is 0 Å². The van der Waals surface area contributed by atoms with Gasteiger partial charge in [0.25, 0.3) is 0 Å². The molecule has 0 saturated heterocycles. The Bertz CT molecular complexity index is 3500. The van der Waals surface area contributed by atoms with E-state index in [4.69, 9.17) is 14.7 Å². The molecular weight excluding hydrogens is 743 g/mol. The molecule has 2 aliphatic rings. The van der Waals surface area contributed by atoms with Crippen LogP contribution in [0, 0.1) is 0 Å². The number of imidazole rings is 1. The molecule has 2 aromatic heterocycles. The topological polar surface area (TPSA) is 39.9 Å². The van der Waals surface area contributed by atoms with Crippen molar-refractivity contribution in [3.05, 3.63) is 235 Å². The molecule has 0 radical (unpaired) electrons. The van der Waals surface area contributed by atoms with Crippen LogP contribution in [0.3, 0.4) is 0 Å². The van der Waals surface area contributed by atoms with Crippen LogP contribution in [0.1, 0.15) is 22.3 Å². The van der Waals surface area contributed by atoms with Crippen LogP contribution in [0.5, 0.6) is 11.5 Å². The van der Waals surface area contributed by atoms with Gasteiger partial charge in [-0.2, -0.15) is 0 Å². The van der Waals surface area contributed by atoms with Gasteiger partial charge in [-0.25, -0.2) is 9.97 Å². The Morgan fingerprint density at radius 1 is 0.377 bits per heavy atom. The Balaban J connectivity index is 0.949. The number of aromatic nitrogens is 3. The van der Waals surface area contributed by atoms with Crippen LogP contribution in [0.2, 0.25) is 0 Å². The molecule has 4 nitrogen and oxygen atoms in total. The minimum Gasteiger partial charge on any atom is -0.457 e. The third-order valence-electron chi connectivity index (χ3n) is 12.9. The number of benzene rings is 9. The van der Waals surface area contributed by atoms with E-state index in [1.165, 1.54) is 27.6 Å². The van der Waals surface area contributed by atoms with Crippen molar-refractivity contribution in [1.29, 1.82) is 0 Å². The van der Waals surface area contributed by atoms with Crippen molar-refractivity contribution >= 4 is 32.7 Å². The highest BCUT2D eigenvalue weighted by atomic mass is 16.5. The molecular formula is C57H35N3O. The van der Waals surface area contributed by atoms with E-state index >= 15 is 0 Å². The second-order valence-corrected chi connectivity index (χ2v) is 16.1. The number of para-hydroxylation sites is 6. The lowest BCUT2D eigenvalue weighted by Crippen LogP contribution is -2.32. The molecule has 1 aliphatic carbocycles. The van der Waals surface area contributed by atoms with E-state index in [9.17, 15) is 0 Å². The largest absolute Gasteiger partial charge is 0.457 e. The molecule has 1 spiro atoms. The first kappa shape index (κ1) is 33.8. The number of rotatable bonds is 4. The number of hydrogen-bond acceptors (Lipinski definition) is 3. The van der Waals surface area contributed by atoms with Gasteiger partial charge in [0.2, 0.25) is 0 Å². The monoisotopic (exact) mass is 777 g/mol. The summed E-state index contributed by atoms with van der Waals surface area (Å²) in [6.07, 6.45) is 0. The number of ether oxygens (including phenoxy) is 1. The average Bonchev–Trinajstić information content (AvgIpc) is 3.85. The second kappa shape index (κ2) is 13.0. The fourth-order valence-corrected chi connectivity index (χ4v) is 10.2. The zero-order valence-electron chi connectivity index (χ0n) is 33.0. The highest BCUT2D eigenvalue weighted by molar-refractivity contribution is 6.13. The summed E-state index contributed by atoms with van der Waals surface area (Å²) in [5, 5.41) is 3.46. The number of pyridine rings is 1. The Morgan fingerprint density at radius 3 is 1.69 bits per heavy atom. The van der Waals surface area contributed by atoms with E-state index in [1.54, 1.807) is 0 Å². The average molecular weight is 778 g/mol. The molecule has 0 saturated carbocycles. The van der Waals surface area contributed by atoms with Crippen molar-refractivity contribution in [2.24, 2.45) is 0 Å². The van der Waals surface area contributed by atoms with Crippen LogP contribution in [-0.2, 0) is 5.41 Å². The highest BCUT2D eigenvalue weighted by Gasteiger charge is 2.51. The Hall–Kier alpha value is -8.08. The molecule has 9 aromatic carbocycles. The van der Waals surface area contributed by atoms with Gasteiger partial charge in [-0.05, 0) is 93.4 Å². The van der Waals surface area contributed by atoms with Crippen molar-refractivity contribution in [2.45, 2.75) is 5.41 Å². The van der Waals surface area contributed by atoms with Crippen molar-refractivity contribution in [2.75, 3.05) is 0 Å². The molecule has 4 heteroatoms. The summed E-state index contributed by atoms with van der Waals surface area (Å²) in [5.41, 5.74) is 16.3. The predicted molar refractivity (Wildman–Crippen MR) is 248 cm³/mol. The predicted octanol–water partition coefficient (Wildman–Crippen LogP) is 14.2. The molecule has 13 rings (SSSR count). The molecule has 0 fully saturated rings. The number of nitrogens with zero attached hydrogens (tertiary/aromatic N) is 3. The molecule has 61 heavy (non-hydrogen) atoms. The quantitative estimate of drug-likeness (QED) is 0.167. The zero-order valence-corrected chi connectivity index (χ0v) is 33.0. The summed E-state index contributed by atoms with van der Waals surface area (Å²) in [6, 6.07) is 75.9. The number of hydrogen-bond donors (Lipinski definition) is 0. The van der Waals surface area contributed by atoms with Gasteiger partial charge in [-0.1, -0.05) is 158 Å². The molecule has 0 N–H and O–H groups in total. The van der Waals surface area contributed by atoms with E-state index in [1.807, 2.05) is 12.1 Å². The lowest BCUT2D eigenvalue weighted by Gasteiger charge is -2.39. The summed E-state index contributed by atoms with van der Waals surface area (Å²) >= 11 is 0. The summed E-state index contributed by atoms with van der Waals surface area (Å²) in [6.45, 7) is 0. The van der Waals surface area contributed by atoms with Gasteiger partial charge in [-0.15, -0.1) is 0 Å². The van der Waals surface area contributed by atoms with Crippen LogP contribution in [-0.4, -0.2) is 14.5 Å². The van der Waals surface area contributed by atoms with Crippen LogP contribution in [0.4, 0.5) is 0 Å². The van der Waals surface area contributed by atoms with Gasteiger partial charge in [0.1, 0.15) is 17.3 Å². The molecule has 3 heterocycles. The maximum Gasteiger partial charge on any atom is 0.145 e. The normalized spacial score (nSPS) is 13.2. The van der Waals surface area contributed by atoms with Gasteiger partial charge >= 0.3 is 0 Å². The minimum absolute atomic E-state index is 0.540. The van der Waals surface area contributed by atoms with Crippen LogP contribution >= 0.6 is 0 Å². The molecule has 0 unspecified atom stereocenters. The molecule has 0 amide bonds. The maximum absolute atomic E-state index is 6.62. The van der Waals surface area contributed by atoms with Crippen LogP contribution < -0.4 is 4.74 Å². The van der Waals surface area contributed by atoms with Crippen LogP contribution in [0.25, 0.3) is 83.3 Å². The molecule has 0 atom stereocenters. The van der Waals surface area contributed by atoms with Gasteiger partial charge in [-0.3, -0.25) is 4.57 Å². The van der Waals surface area contributed by atoms with E-state index in [2.05, 4.69) is 205 Å². The van der Waals surface area contributed by atoms with E-state index < -0.39 is 5.41 Å². The van der Waals surface area contributed by atoms with Crippen molar-refractivity contribution in [3.63, 3.8) is 0 Å². The first-order chi connectivity index (χ1) is 30.2. The Morgan fingerprint density at radius 2 is 0.951 bits per heavy atom. The lowest BCUT2D eigenvalue weighted by atomic mass is 9.66. The van der Waals surface area contributed by atoms with Gasteiger partial charge in [0.05, 0.1) is 27.7 Å². The number of fused-ring (bicyclic) bond motifs is 13. The first-order valence-corrected chi connectivity index (χ1v) is 20.8. The summed E-state index contributed by atoms with van der Waals surface area (Å²) in [4.78, 5) is 10.5. The molecule has 11 aromatic rings. The zero-order chi connectivity index (χ0) is 40.1. The first-order valence-electron chi connectivity index (χ1n) is 20.8. The van der Waals surface area contributed by atoms with Crippen molar-refractivity contribution < 1.29 is 4.74 Å². The third-order valence-corrected chi connectivity index (χ3v) is 12.9. The summed E-state index contributed by atoms with van der Waals surface area (Å²) < 4.78 is 8.86. The molecule has 0 bridgehead atoms. The maximum atomic E-state index is 6.62. The van der Waals surface area contributed by atoms with Crippen molar-refractivity contribution in [3.8, 4) is 62.1 Å². The highest BCUT2D eigenvalue weighted by Crippen LogP contribution is 2.62. The van der Waals surface area contributed by atoms with E-state index in [0.29, 0.717) is 0 Å². The van der Waals surface area contributed by atoms with E-state index in [-0.39, 0.29) is 0 Å².